The molecule has 184 valence electrons. The predicted octanol–water partition coefficient (Wildman–Crippen LogP) is -2.56. The summed E-state index contributed by atoms with van der Waals surface area (Å²) in [7, 11) is 0. The molecule has 14 heteroatoms. The van der Waals surface area contributed by atoms with Crippen molar-refractivity contribution in [2.45, 2.75) is 63.2 Å². The van der Waals surface area contributed by atoms with Crippen molar-refractivity contribution in [3.8, 4) is 0 Å². The van der Waals surface area contributed by atoms with Crippen LogP contribution in [0.3, 0.4) is 0 Å². The van der Waals surface area contributed by atoms with Gasteiger partial charge < -0.3 is 42.6 Å². The van der Waals surface area contributed by atoms with Crippen LogP contribution < -0.4 is 27.4 Å². The monoisotopic (exact) mass is 469 g/mol. The van der Waals surface area contributed by atoms with Crippen LogP contribution in [0.5, 0.6) is 0 Å². The molecule has 0 radical (unpaired) electrons. The molecule has 4 unspecified atom stereocenters. The second-order valence-corrected chi connectivity index (χ2v) is 7.46. The summed E-state index contributed by atoms with van der Waals surface area (Å²) in [5.41, 5.74) is 11.7. The first-order chi connectivity index (χ1) is 15.5. The molecule has 1 rings (SSSR count). The summed E-state index contributed by atoms with van der Waals surface area (Å²) < 4.78 is 0. The molecule has 10 N–H and O–H groups in total. The molecular formula is C19H31N7O7. The molecule has 0 spiro atoms. The lowest BCUT2D eigenvalue weighted by Crippen LogP contribution is -2.57. The molecule has 0 fully saturated rings. The minimum atomic E-state index is -1.51. The number of carboxylic acid groups (broad SMARTS) is 2. The SMILES string of the molecule is CC(NC(=O)C(Cc1cnc[nH]1)NC(=O)C(CC(=O)O)NC(=O)C(N)CCCCN)C(=O)O. The van der Waals surface area contributed by atoms with Crippen LogP contribution in [-0.2, 0) is 30.4 Å². The van der Waals surface area contributed by atoms with Gasteiger partial charge in [-0.3, -0.25) is 24.0 Å². The number of aromatic nitrogens is 2. The van der Waals surface area contributed by atoms with Crippen LogP contribution in [0.4, 0.5) is 0 Å². The van der Waals surface area contributed by atoms with Gasteiger partial charge in [0.05, 0.1) is 18.8 Å². The number of rotatable bonds is 15. The van der Waals surface area contributed by atoms with Gasteiger partial charge in [-0.25, -0.2) is 4.98 Å². The van der Waals surface area contributed by atoms with Crippen molar-refractivity contribution < 1.29 is 34.2 Å². The van der Waals surface area contributed by atoms with Gasteiger partial charge in [0.2, 0.25) is 17.7 Å². The highest BCUT2D eigenvalue weighted by Crippen LogP contribution is 2.04. The van der Waals surface area contributed by atoms with E-state index >= 15 is 0 Å². The van der Waals surface area contributed by atoms with Gasteiger partial charge in [-0.1, -0.05) is 6.42 Å². The van der Waals surface area contributed by atoms with Crippen molar-refractivity contribution in [3.05, 3.63) is 18.2 Å². The lowest BCUT2D eigenvalue weighted by molar-refractivity contribution is -0.143. The number of imidazole rings is 1. The van der Waals surface area contributed by atoms with E-state index in [4.69, 9.17) is 21.7 Å². The van der Waals surface area contributed by atoms with Gasteiger partial charge in [0.25, 0.3) is 0 Å². The fourth-order valence-corrected chi connectivity index (χ4v) is 2.78. The number of aliphatic carboxylic acids is 2. The van der Waals surface area contributed by atoms with E-state index in [0.717, 1.165) is 0 Å². The van der Waals surface area contributed by atoms with E-state index in [1.165, 1.54) is 19.4 Å². The zero-order chi connectivity index (χ0) is 25.0. The number of hydrogen-bond acceptors (Lipinski definition) is 8. The largest absolute Gasteiger partial charge is 0.481 e. The van der Waals surface area contributed by atoms with Crippen molar-refractivity contribution in [1.82, 2.24) is 25.9 Å². The number of nitrogens with two attached hydrogens (primary N) is 2. The van der Waals surface area contributed by atoms with Crippen LogP contribution in [-0.4, -0.2) is 80.6 Å². The Labute approximate surface area is 189 Å². The van der Waals surface area contributed by atoms with Crippen molar-refractivity contribution in [2.24, 2.45) is 11.5 Å². The molecule has 0 saturated carbocycles. The van der Waals surface area contributed by atoms with Crippen molar-refractivity contribution in [1.29, 1.82) is 0 Å². The molecule has 14 nitrogen and oxygen atoms in total. The first kappa shape index (κ1) is 27.5. The van der Waals surface area contributed by atoms with Crippen LogP contribution in [0.25, 0.3) is 0 Å². The molecule has 3 amide bonds. The number of nitrogens with zero attached hydrogens (tertiary/aromatic N) is 1. The van der Waals surface area contributed by atoms with Gasteiger partial charge in [0, 0.05) is 18.3 Å². The highest BCUT2D eigenvalue weighted by Gasteiger charge is 2.31. The molecule has 0 bridgehead atoms. The summed E-state index contributed by atoms with van der Waals surface area (Å²) in [5.74, 6) is -5.12. The Morgan fingerprint density at radius 2 is 1.67 bits per heavy atom. The Kier molecular flexibility index (Phi) is 11.5. The topological polar surface area (TPSA) is 243 Å². The zero-order valence-corrected chi connectivity index (χ0v) is 18.2. The van der Waals surface area contributed by atoms with Gasteiger partial charge in [0.15, 0.2) is 0 Å². The van der Waals surface area contributed by atoms with Crippen LogP contribution in [0.2, 0.25) is 0 Å². The molecular weight excluding hydrogens is 438 g/mol. The summed E-state index contributed by atoms with van der Waals surface area (Å²) >= 11 is 0. The van der Waals surface area contributed by atoms with Crippen LogP contribution in [0.15, 0.2) is 12.5 Å². The Morgan fingerprint density at radius 3 is 2.21 bits per heavy atom. The first-order valence-electron chi connectivity index (χ1n) is 10.3. The number of carbonyl (C=O) groups is 5. The summed E-state index contributed by atoms with van der Waals surface area (Å²) in [6.45, 7) is 1.67. The summed E-state index contributed by atoms with van der Waals surface area (Å²) in [6, 6.07) is -4.99. The number of carboxylic acids is 2. The van der Waals surface area contributed by atoms with Crippen LogP contribution >= 0.6 is 0 Å². The molecule has 0 aliphatic rings. The summed E-state index contributed by atoms with van der Waals surface area (Å²) in [5, 5.41) is 25.1. The summed E-state index contributed by atoms with van der Waals surface area (Å²) in [4.78, 5) is 66.6. The highest BCUT2D eigenvalue weighted by atomic mass is 16.4. The molecule has 1 heterocycles. The first-order valence-corrected chi connectivity index (χ1v) is 10.3. The van der Waals surface area contributed by atoms with E-state index in [-0.39, 0.29) is 6.42 Å². The smallest absolute Gasteiger partial charge is 0.325 e. The molecule has 0 aliphatic carbocycles. The van der Waals surface area contributed by atoms with E-state index < -0.39 is 60.2 Å². The fraction of sp³-hybridized carbons (Fsp3) is 0.579. The van der Waals surface area contributed by atoms with E-state index in [0.29, 0.717) is 31.5 Å². The maximum absolute atomic E-state index is 12.8. The number of H-pyrrole nitrogens is 1. The van der Waals surface area contributed by atoms with E-state index in [9.17, 15) is 24.0 Å². The average molecular weight is 469 g/mol. The molecule has 1 aromatic heterocycles. The van der Waals surface area contributed by atoms with E-state index in [1.54, 1.807) is 0 Å². The minimum absolute atomic E-state index is 0.0871. The number of hydrogen-bond donors (Lipinski definition) is 8. The summed E-state index contributed by atoms with van der Waals surface area (Å²) in [6.07, 6.45) is 3.44. The van der Waals surface area contributed by atoms with Crippen molar-refractivity contribution in [3.63, 3.8) is 0 Å². The molecule has 1 aromatic rings. The van der Waals surface area contributed by atoms with Gasteiger partial charge in [-0.2, -0.15) is 0 Å². The standard InChI is InChI=1S/C19H31N7O7/c1-10(19(32)33)24-17(30)13(6-11-8-22-9-23-11)26-18(31)14(7-15(27)28)25-16(29)12(21)4-2-3-5-20/h8-10,12-14H,2-7,20-21H2,1H3,(H,22,23)(H,24,30)(H,25,29)(H,26,31)(H,27,28)(H,32,33). The van der Waals surface area contributed by atoms with Gasteiger partial charge in [0.1, 0.15) is 18.1 Å². The Hall–Kier alpha value is -3.52. The molecule has 33 heavy (non-hydrogen) atoms. The number of unbranched alkanes of at least 4 members (excludes halogenated alkanes) is 1. The third-order valence-electron chi connectivity index (χ3n) is 4.66. The number of nitrogens with one attached hydrogen (secondary N) is 4. The van der Waals surface area contributed by atoms with Crippen molar-refractivity contribution >= 4 is 29.7 Å². The Bertz CT molecular complexity index is 815. The second kappa shape index (κ2) is 13.8. The quantitative estimate of drug-likeness (QED) is 0.125. The number of carbonyl (C=O) groups excluding carboxylic acids is 3. The lowest BCUT2D eigenvalue weighted by atomic mass is 10.1. The fourth-order valence-electron chi connectivity index (χ4n) is 2.78. The van der Waals surface area contributed by atoms with Gasteiger partial charge >= 0.3 is 11.9 Å². The maximum Gasteiger partial charge on any atom is 0.325 e. The number of amides is 3. The average Bonchev–Trinajstić information content (AvgIpc) is 3.25. The molecule has 0 aromatic carbocycles. The highest BCUT2D eigenvalue weighted by molar-refractivity contribution is 5.95. The van der Waals surface area contributed by atoms with E-state index in [2.05, 4.69) is 25.9 Å². The minimum Gasteiger partial charge on any atom is -0.481 e. The normalized spacial score (nSPS) is 14.4. The zero-order valence-electron chi connectivity index (χ0n) is 18.2. The van der Waals surface area contributed by atoms with Crippen molar-refractivity contribution in [2.75, 3.05) is 6.54 Å². The number of aromatic amines is 1. The maximum atomic E-state index is 12.8. The third-order valence-corrected chi connectivity index (χ3v) is 4.66. The second-order valence-electron chi connectivity index (χ2n) is 7.46. The van der Waals surface area contributed by atoms with E-state index in [1.807, 2.05) is 0 Å². The van der Waals surface area contributed by atoms with Gasteiger partial charge in [-0.15, -0.1) is 0 Å². The molecule has 0 saturated heterocycles. The Balaban J connectivity index is 2.94. The molecule has 4 atom stereocenters. The predicted molar refractivity (Wildman–Crippen MR) is 115 cm³/mol. The Morgan fingerprint density at radius 1 is 1.03 bits per heavy atom. The molecule has 0 aliphatic heterocycles. The van der Waals surface area contributed by atoms with Gasteiger partial charge in [-0.05, 0) is 26.3 Å². The van der Waals surface area contributed by atoms with Crippen LogP contribution in [0.1, 0.15) is 38.3 Å². The lowest BCUT2D eigenvalue weighted by Gasteiger charge is -2.24. The third kappa shape index (κ3) is 10.1. The van der Waals surface area contributed by atoms with Crippen LogP contribution in [0, 0.1) is 0 Å².